The van der Waals surface area contributed by atoms with E-state index in [1.807, 2.05) is 0 Å². The van der Waals surface area contributed by atoms with E-state index in [9.17, 15) is 13.2 Å². The van der Waals surface area contributed by atoms with E-state index in [4.69, 9.17) is 28.3 Å². The van der Waals surface area contributed by atoms with Gasteiger partial charge >= 0.3 is 5.97 Å². The fraction of sp³-hybridized carbons (Fsp3) is 0.364. The van der Waals surface area contributed by atoms with Gasteiger partial charge in [0.05, 0.1) is 10.3 Å². The zero-order chi connectivity index (χ0) is 14.8. The molecule has 0 unspecified atom stereocenters. The molecule has 0 heterocycles. The Balaban J connectivity index is 2.97. The first-order valence-electron chi connectivity index (χ1n) is 5.24. The molecule has 0 aromatic heterocycles. The largest absolute Gasteiger partial charge is 0.481 e. The van der Waals surface area contributed by atoms with Gasteiger partial charge in [0.1, 0.15) is 0 Å². The fourth-order valence-electron chi connectivity index (χ4n) is 1.12. The molecule has 8 heteroatoms. The van der Waals surface area contributed by atoms with Gasteiger partial charge in [-0.2, -0.15) is 0 Å². The van der Waals surface area contributed by atoms with Crippen LogP contribution in [0, 0.1) is 5.41 Å². The van der Waals surface area contributed by atoms with Gasteiger partial charge in [-0.05, 0) is 32.0 Å². The minimum Gasteiger partial charge on any atom is -0.481 e. The van der Waals surface area contributed by atoms with Crippen LogP contribution in [0.15, 0.2) is 23.1 Å². The van der Waals surface area contributed by atoms with Crippen LogP contribution in [0.25, 0.3) is 0 Å². The third kappa shape index (κ3) is 4.35. The maximum atomic E-state index is 12.0. The number of rotatable bonds is 5. The molecule has 1 aromatic rings. The zero-order valence-electron chi connectivity index (χ0n) is 10.3. The molecule has 0 aliphatic rings. The molecule has 0 radical (unpaired) electrons. The van der Waals surface area contributed by atoms with Gasteiger partial charge in [-0.3, -0.25) is 4.79 Å². The number of hydrogen-bond donors (Lipinski definition) is 2. The second-order valence-corrected chi connectivity index (χ2v) is 7.26. The molecule has 1 rings (SSSR count). The third-order valence-corrected chi connectivity index (χ3v) is 4.25. The van der Waals surface area contributed by atoms with E-state index in [2.05, 4.69) is 4.72 Å². The maximum absolute atomic E-state index is 12.0. The second kappa shape index (κ2) is 5.66. The highest BCUT2D eigenvalue weighted by atomic mass is 35.5. The number of aliphatic carboxylic acids is 1. The Kier molecular flexibility index (Phi) is 4.84. The molecule has 0 bridgehead atoms. The van der Waals surface area contributed by atoms with Crippen molar-refractivity contribution in [3.8, 4) is 0 Å². The lowest BCUT2D eigenvalue weighted by Crippen LogP contribution is -2.38. The monoisotopic (exact) mass is 325 g/mol. The summed E-state index contributed by atoms with van der Waals surface area (Å²) >= 11 is 11.5. The van der Waals surface area contributed by atoms with Gasteiger partial charge in [-0.1, -0.05) is 23.2 Å². The van der Waals surface area contributed by atoms with E-state index in [0.717, 1.165) is 0 Å². The summed E-state index contributed by atoms with van der Waals surface area (Å²) < 4.78 is 26.2. The molecule has 19 heavy (non-hydrogen) atoms. The van der Waals surface area contributed by atoms with E-state index >= 15 is 0 Å². The van der Waals surface area contributed by atoms with Crippen molar-refractivity contribution in [1.82, 2.24) is 4.72 Å². The first kappa shape index (κ1) is 16.2. The van der Waals surface area contributed by atoms with Crippen molar-refractivity contribution in [3.63, 3.8) is 0 Å². The molecule has 0 fully saturated rings. The van der Waals surface area contributed by atoms with Crippen LogP contribution in [0.3, 0.4) is 0 Å². The SMILES string of the molecule is CC(C)(CNS(=O)(=O)c1cc(Cl)cc(Cl)c1)C(=O)O. The van der Waals surface area contributed by atoms with Crippen LogP contribution >= 0.6 is 23.2 Å². The summed E-state index contributed by atoms with van der Waals surface area (Å²) in [5.41, 5.74) is -1.21. The molecule has 0 saturated carbocycles. The summed E-state index contributed by atoms with van der Waals surface area (Å²) in [6.45, 7) is 2.60. The number of nitrogens with one attached hydrogen (secondary N) is 1. The fourth-order valence-corrected chi connectivity index (χ4v) is 3.06. The van der Waals surface area contributed by atoms with Crippen LogP contribution in [0.4, 0.5) is 0 Å². The quantitative estimate of drug-likeness (QED) is 0.870. The standard InChI is InChI=1S/C11H13Cl2NO4S/c1-11(2,10(15)16)6-14-19(17,18)9-4-7(12)3-8(13)5-9/h3-5,14H,6H2,1-2H3,(H,15,16). The summed E-state index contributed by atoms with van der Waals surface area (Å²) in [4.78, 5) is 10.8. The second-order valence-electron chi connectivity index (χ2n) is 4.62. The molecular weight excluding hydrogens is 313 g/mol. The number of carbonyl (C=O) groups is 1. The van der Waals surface area contributed by atoms with Crippen LogP contribution in [0.5, 0.6) is 0 Å². The highest BCUT2D eigenvalue weighted by Crippen LogP contribution is 2.23. The van der Waals surface area contributed by atoms with Crippen molar-refractivity contribution in [1.29, 1.82) is 0 Å². The van der Waals surface area contributed by atoms with Crippen molar-refractivity contribution in [2.45, 2.75) is 18.7 Å². The first-order chi connectivity index (χ1) is 8.54. The molecule has 5 nitrogen and oxygen atoms in total. The summed E-state index contributed by atoms with van der Waals surface area (Å²) in [6.07, 6.45) is 0. The highest BCUT2D eigenvalue weighted by molar-refractivity contribution is 7.89. The van der Waals surface area contributed by atoms with Crippen LogP contribution in [0.2, 0.25) is 10.0 Å². The summed E-state index contributed by atoms with van der Waals surface area (Å²) in [7, 11) is -3.85. The van der Waals surface area contributed by atoms with Gasteiger partial charge in [0.2, 0.25) is 10.0 Å². The zero-order valence-corrected chi connectivity index (χ0v) is 12.6. The Morgan fingerprint density at radius 2 is 1.74 bits per heavy atom. The number of carboxylic acids is 1. The number of carboxylic acid groups (broad SMARTS) is 1. The predicted octanol–water partition coefficient (Wildman–Crippen LogP) is 2.38. The molecule has 2 N–H and O–H groups in total. The van der Waals surface area contributed by atoms with E-state index in [-0.39, 0.29) is 21.5 Å². The Bertz CT molecular complexity index is 578. The van der Waals surface area contributed by atoms with Crippen molar-refractivity contribution in [2.75, 3.05) is 6.54 Å². The average molecular weight is 326 g/mol. The Labute approximate surface area is 121 Å². The molecule has 0 amide bonds. The highest BCUT2D eigenvalue weighted by Gasteiger charge is 2.29. The van der Waals surface area contributed by atoms with E-state index in [1.165, 1.54) is 32.0 Å². The van der Waals surface area contributed by atoms with E-state index < -0.39 is 21.4 Å². The maximum Gasteiger partial charge on any atom is 0.310 e. The van der Waals surface area contributed by atoms with Gasteiger partial charge in [0.15, 0.2) is 0 Å². The molecular formula is C11H13Cl2NO4S. The Hall–Kier alpha value is -0.820. The van der Waals surface area contributed by atoms with Gasteiger partial charge < -0.3 is 5.11 Å². The Morgan fingerprint density at radius 1 is 1.26 bits per heavy atom. The normalized spacial score (nSPS) is 12.4. The van der Waals surface area contributed by atoms with Crippen molar-refractivity contribution in [2.24, 2.45) is 5.41 Å². The smallest absolute Gasteiger partial charge is 0.310 e. The minimum atomic E-state index is -3.85. The predicted molar refractivity (Wildman–Crippen MR) is 73.1 cm³/mol. The number of benzene rings is 1. The third-order valence-electron chi connectivity index (χ3n) is 2.43. The molecule has 106 valence electrons. The van der Waals surface area contributed by atoms with Gasteiger partial charge in [-0.25, -0.2) is 13.1 Å². The van der Waals surface area contributed by atoms with Gasteiger partial charge in [0.25, 0.3) is 0 Å². The van der Waals surface area contributed by atoms with Crippen molar-refractivity contribution < 1.29 is 18.3 Å². The Morgan fingerprint density at radius 3 is 2.16 bits per heavy atom. The number of hydrogen-bond acceptors (Lipinski definition) is 3. The molecule has 0 spiro atoms. The molecule has 0 aliphatic carbocycles. The van der Waals surface area contributed by atoms with E-state index in [1.54, 1.807) is 0 Å². The van der Waals surface area contributed by atoms with Gasteiger partial charge in [0, 0.05) is 16.6 Å². The van der Waals surface area contributed by atoms with Crippen molar-refractivity contribution >= 4 is 39.2 Å². The summed E-state index contributed by atoms with van der Waals surface area (Å²) in [6, 6.07) is 3.89. The lowest BCUT2D eigenvalue weighted by atomic mass is 9.95. The first-order valence-corrected chi connectivity index (χ1v) is 7.48. The number of sulfonamides is 1. The van der Waals surface area contributed by atoms with Crippen LogP contribution in [0.1, 0.15) is 13.8 Å². The number of halogens is 2. The van der Waals surface area contributed by atoms with E-state index in [0.29, 0.717) is 0 Å². The molecule has 1 aromatic carbocycles. The van der Waals surface area contributed by atoms with Crippen LogP contribution < -0.4 is 4.72 Å². The summed E-state index contributed by atoms with van der Waals surface area (Å²) in [5.74, 6) is -1.10. The molecule has 0 atom stereocenters. The van der Waals surface area contributed by atoms with Gasteiger partial charge in [-0.15, -0.1) is 0 Å². The molecule has 0 aliphatic heterocycles. The van der Waals surface area contributed by atoms with Crippen LogP contribution in [-0.4, -0.2) is 26.0 Å². The summed E-state index contributed by atoms with van der Waals surface area (Å²) in [5, 5.41) is 9.29. The van der Waals surface area contributed by atoms with Crippen molar-refractivity contribution in [3.05, 3.63) is 28.2 Å². The average Bonchev–Trinajstić information content (AvgIpc) is 2.25. The van der Waals surface area contributed by atoms with Crippen LogP contribution in [-0.2, 0) is 14.8 Å². The lowest BCUT2D eigenvalue weighted by Gasteiger charge is -2.19. The minimum absolute atomic E-state index is 0.105. The lowest BCUT2D eigenvalue weighted by molar-refractivity contribution is -0.146. The topological polar surface area (TPSA) is 83.5 Å². The molecule has 0 saturated heterocycles.